The number of hydrogen-bond acceptors (Lipinski definition) is 4. The zero-order chi connectivity index (χ0) is 14.3. The molecule has 19 heavy (non-hydrogen) atoms. The maximum Gasteiger partial charge on any atom is 0.225 e. The number of nitrogens with two attached hydrogens (primary N) is 1. The fraction of sp³-hybridized carbons (Fsp3) is 0.462. The van der Waals surface area contributed by atoms with Gasteiger partial charge in [-0.15, -0.1) is 0 Å². The van der Waals surface area contributed by atoms with Gasteiger partial charge in [0.25, 0.3) is 0 Å². The summed E-state index contributed by atoms with van der Waals surface area (Å²) >= 11 is 7.63. The summed E-state index contributed by atoms with van der Waals surface area (Å²) in [6, 6.07) is 4.99. The number of carbonyl (C=O) groups excluding carboxylic acids is 1. The Balaban J connectivity index is 2.31. The smallest absolute Gasteiger partial charge is 0.225 e. The molecule has 0 aliphatic carbocycles. The van der Waals surface area contributed by atoms with Crippen molar-refractivity contribution in [3.8, 4) is 0 Å². The van der Waals surface area contributed by atoms with Crippen molar-refractivity contribution in [1.29, 1.82) is 0 Å². The topological polar surface area (TPSA) is 75.3 Å². The lowest BCUT2D eigenvalue weighted by molar-refractivity contribution is -0.115. The van der Waals surface area contributed by atoms with E-state index >= 15 is 0 Å². The number of nitrogens with one attached hydrogen (secondary N) is 1. The zero-order valence-electron chi connectivity index (χ0n) is 10.9. The number of nitrogen functional groups attached to an aromatic ring is 1. The van der Waals surface area contributed by atoms with Crippen LogP contribution in [0.5, 0.6) is 0 Å². The highest BCUT2D eigenvalue weighted by Crippen LogP contribution is 2.24. The third-order valence-electron chi connectivity index (χ3n) is 2.45. The number of halogens is 1. The number of carbonyl (C=O) groups is 1. The van der Waals surface area contributed by atoms with E-state index in [2.05, 4.69) is 5.32 Å². The Labute approximate surface area is 122 Å². The lowest BCUT2D eigenvalue weighted by Gasteiger charge is -2.09. The molecule has 1 atom stereocenters. The van der Waals surface area contributed by atoms with E-state index in [4.69, 9.17) is 22.4 Å². The van der Waals surface area contributed by atoms with Gasteiger partial charge in [0, 0.05) is 24.5 Å². The van der Waals surface area contributed by atoms with Gasteiger partial charge in [0.15, 0.2) is 0 Å². The Morgan fingerprint density at radius 1 is 1.58 bits per heavy atom. The fourth-order valence-corrected chi connectivity index (χ4v) is 2.59. The highest BCUT2D eigenvalue weighted by atomic mass is 35.5. The van der Waals surface area contributed by atoms with Gasteiger partial charge in [-0.2, -0.15) is 11.8 Å². The summed E-state index contributed by atoms with van der Waals surface area (Å²) in [5.41, 5.74) is 6.72. The molecule has 4 N–H and O–H groups in total. The maximum atomic E-state index is 11.7. The molecule has 1 unspecified atom stereocenters. The molecule has 0 heterocycles. The summed E-state index contributed by atoms with van der Waals surface area (Å²) in [4.78, 5) is 11.7. The number of anilines is 2. The molecule has 0 aromatic heterocycles. The molecular weight excluding hydrogens is 284 g/mol. The van der Waals surface area contributed by atoms with Crippen LogP contribution in [0.2, 0.25) is 5.02 Å². The van der Waals surface area contributed by atoms with Crippen molar-refractivity contribution in [2.24, 2.45) is 5.92 Å². The van der Waals surface area contributed by atoms with Crippen LogP contribution in [-0.4, -0.2) is 29.1 Å². The predicted octanol–water partition coefficient (Wildman–Crippen LogP) is 2.61. The van der Waals surface area contributed by atoms with Crippen LogP contribution in [0.4, 0.5) is 11.4 Å². The summed E-state index contributed by atoms with van der Waals surface area (Å²) in [6.45, 7) is 2.15. The van der Waals surface area contributed by atoms with E-state index in [0.29, 0.717) is 22.8 Å². The van der Waals surface area contributed by atoms with Gasteiger partial charge in [0.1, 0.15) is 0 Å². The summed E-state index contributed by atoms with van der Waals surface area (Å²) in [5, 5.41) is 12.1. The second-order valence-corrected chi connectivity index (χ2v) is 5.96. The second kappa shape index (κ2) is 8.30. The lowest BCUT2D eigenvalue weighted by atomic mass is 10.2. The van der Waals surface area contributed by atoms with Crippen molar-refractivity contribution in [2.45, 2.75) is 13.3 Å². The molecule has 0 bridgehead atoms. The Kier molecular flexibility index (Phi) is 7.05. The maximum absolute atomic E-state index is 11.7. The molecule has 1 amide bonds. The number of rotatable bonds is 7. The lowest BCUT2D eigenvalue weighted by Crippen LogP contribution is -2.13. The first kappa shape index (κ1) is 16.1. The highest BCUT2D eigenvalue weighted by molar-refractivity contribution is 7.99. The minimum absolute atomic E-state index is 0.0733. The van der Waals surface area contributed by atoms with Gasteiger partial charge in [0.2, 0.25) is 5.91 Å². The van der Waals surface area contributed by atoms with Crippen molar-refractivity contribution in [3.05, 3.63) is 23.2 Å². The minimum Gasteiger partial charge on any atom is -0.399 e. The monoisotopic (exact) mass is 302 g/mol. The van der Waals surface area contributed by atoms with Crippen LogP contribution in [0.25, 0.3) is 0 Å². The van der Waals surface area contributed by atoms with Crippen LogP contribution >= 0.6 is 23.4 Å². The van der Waals surface area contributed by atoms with Crippen LogP contribution in [0.15, 0.2) is 18.2 Å². The van der Waals surface area contributed by atoms with Gasteiger partial charge in [-0.05, 0) is 29.9 Å². The molecule has 0 aliphatic rings. The largest absolute Gasteiger partial charge is 0.399 e. The zero-order valence-corrected chi connectivity index (χ0v) is 12.4. The number of amides is 1. The third-order valence-corrected chi connectivity index (χ3v) is 4.06. The quantitative estimate of drug-likeness (QED) is 0.534. The average Bonchev–Trinajstić information content (AvgIpc) is 2.37. The van der Waals surface area contributed by atoms with Crippen molar-refractivity contribution >= 4 is 40.6 Å². The normalized spacial score (nSPS) is 12.2. The molecule has 0 aliphatic heterocycles. The van der Waals surface area contributed by atoms with Crippen LogP contribution in [0.1, 0.15) is 13.3 Å². The van der Waals surface area contributed by atoms with Gasteiger partial charge < -0.3 is 16.2 Å². The SMILES string of the molecule is CC(CO)CSCCC(=O)Nc1ccc(N)cc1Cl. The molecule has 106 valence electrons. The molecule has 1 aromatic carbocycles. The van der Waals surface area contributed by atoms with E-state index in [1.807, 2.05) is 6.92 Å². The van der Waals surface area contributed by atoms with E-state index in [9.17, 15) is 4.79 Å². The molecule has 6 heteroatoms. The molecule has 1 aromatic rings. The first-order chi connectivity index (χ1) is 9.02. The van der Waals surface area contributed by atoms with Gasteiger partial charge in [-0.1, -0.05) is 18.5 Å². The van der Waals surface area contributed by atoms with Crippen LogP contribution < -0.4 is 11.1 Å². The van der Waals surface area contributed by atoms with E-state index in [1.165, 1.54) is 0 Å². The Bertz CT molecular complexity index is 429. The van der Waals surface area contributed by atoms with E-state index in [1.54, 1.807) is 30.0 Å². The summed E-state index contributed by atoms with van der Waals surface area (Å²) in [5.74, 6) is 1.77. The van der Waals surface area contributed by atoms with Crippen LogP contribution in [0, 0.1) is 5.92 Å². The first-order valence-electron chi connectivity index (χ1n) is 6.06. The number of aliphatic hydroxyl groups excluding tert-OH is 1. The van der Waals surface area contributed by atoms with Gasteiger partial charge in [-0.25, -0.2) is 0 Å². The van der Waals surface area contributed by atoms with Crippen molar-refractivity contribution < 1.29 is 9.90 Å². The fourth-order valence-electron chi connectivity index (χ4n) is 1.35. The number of hydrogen-bond donors (Lipinski definition) is 3. The summed E-state index contributed by atoms with van der Waals surface area (Å²) in [7, 11) is 0. The average molecular weight is 303 g/mol. The van der Waals surface area contributed by atoms with Crippen molar-refractivity contribution in [2.75, 3.05) is 29.2 Å². The first-order valence-corrected chi connectivity index (χ1v) is 7.59. The molecule has 0 spiro atoms. The second-order valence-electron chi connectivity index (χ2n) is 4.40. The van der Waals surface area contributed by atoms with Crippen molar-refractivity contribution in [1.82, 2.24) is 0 Å². The van der Waals surface area contributed by atoms with E-state index < -0.39 is 0 Å². The molecule has 4 nitrogen and oxygen atoms in total. The molecular formula is C13H19ClN2O2S. The Morgan fingerprint density at radius 3 is 2.95 bits per heavy atom. The number of aliphatic hydroxyl groups is 1. The van der Waals surface area contributed by atoms with Crippen LogP contribution in [-0.2, 0) is 4.79 Å². The summed E-state index contributed by atoms with van der Waals surface area (Å²) < 4.78 is 0. The predicted molar refractivity (Wildman–Crippen MR) is 82.7 cm³/mol. The number of benzene rings is 1. The molecule has 1 rings (SSSR count). The van der Waals surface area contributed by atoms with E-state index in [-0.39, 0.29) is 18.4 Å². The Hall–Kier alpha value is -0.910. The number of thioether (sulfide) groups is 1. The third kappa shape index (κ3) is 6.18. The Morgan fingerprint density at radius 2 is 2.32 bits per heavy atom. The van der Waals surface area contributed by atoms with Crippen LogP contribution in [0.3, 0.4) is 0 Å². The molecule has 0 fully saturated rings. The van der Waals surface area contributed by atoms with Gasteiger partial charge in [0.05, 0.1) is 10.7 Å². The standard InChI is InChI=1S/C13H19ClN2O2S/c1-9(7-17)8-19-5-4-13(18)16-12-3-2-10(15)6-11(12)14/h2-3,6,9,17H,4-5,7-8,15H2,1H3,(H,16,18). The molecule has 0 radical (unpaired) electrons. The minimum atomic E-state index is -0.0733. The van der Waals surface area contributed by atoms with Gasteiger partial charge in [-0.3, -0.25) is 4.79 Å². The molecule has 0 saturated carbocycles. The summed E-state index contributed by atoms with van der Waals surface area (Å²) in [6.07, 6.45) is 0.420. The highest BCUT2D eigenvalue weighted by Gasteiger charge is 2.07. The van der Waals surface area contributed by atoms with Crippen molar-refractivity contribution in [3.63, 3.8) is 0 Å². The van der Waals surface area contributed by atoms with E-state index in [0.717, 1.165) is 11.5 Å². The molecule has 0 saturated heterocycles. The van der Waals surface area contributed by atoms with Gasteiger partial charge >= 0.3 is 0 Å².